The van der Waals surface area contributed by atoms with Crippen molar-refractivity contribution in [3.63, 3.8) is 0 Å². The summed E-state index contributed by atoms with van der Waals surface area (Å²) in [5.41, 5.74) is 7.32. The van der Waals surface area contributed by atoms with Crippen LogP contribution in [0.4, 0.5) is 0 Å². The van der Waals surface area contributed by atoms with Crippen LogP contribution in [-0.4, -0.2) is 12.5 Å². The fraction of sp³-hybridized carbons (Fsp3) is 0.688. The van der Waals surface area contributed by atoms with Gasteiger partial charge in [0.05, 0.1) is 6.54 Å². The Bertz CT molecular complexity index is 461. The highest BCUT2D eigenvalue weighted by atomic mass is 32.1. The molecule has 3 N–H and O–H groups in total. The molecule has 1 saturated carbocycles. The predicted octanol–water partition coefficient (Wildman–Crippen LogP) is 2.62. The van der Waals surface area contributed by atoms with Gasteiger partial charge in [-0.3, -0.25) is 4.79 Å². The highest BCUT2D eigenvalue weighted by Gasteiger charge is 2.29. The molecule has 3 nitrogen and oxygen atoms in total. The molecule has 0 radical (unpaired) electrons. The third kappa shape index (κ3) is 2.91. The van der Waals surface area contributed by atoms with E-state index >= 15 is 0 Å². The molecule has 2 atom stereocenters. The van der Waals surface area contributed by atoms with E-state index < -0.39 is 0 Å². The number of thiophene rings is 1. The minimum Gasteiger partial charge on any atom is -0.351 e. The zero-order valence-electron chi connectivity index (χ0n) is 12.0. The van der Waals surface area contributed by atoms with E-state index in [9.17, 15) is 4.79 Å². The summed E-state index contributed by atoms with van der Waals surface area (Å²) in [6.07, 6.45) is 8.26. The van der Waals surface area contributed by atoms with Crippen LogP contribution in [0.2, 0.25) is 0 Å². The van der Waals surface area contributed by atoms with Gasteiger partial charge in [0.2, 0.25) is 5.91 Å². The first kappa shape index (κ1) is 14.1. The van der Waals surface area contributed by atoms with Crippen molar-refractivity contribution in [1.82, 2.24) is 5.32 Å². The van der Waals surface area contributed by atoms with Gasteiger partial charge in [-0.1, -0.05) is 12.8 Å². The number of carbonyl (C=O) groups excluding carboxylic acids is 1. The van der Waals surface area contributed by atoms with Gasteiger partial charge in [0.1, 0.15) is 0 Å². The molecule has 20 heavy (non-hydrogen) atoms. The van der Waals surface area contributed by atoms with Gasteiger partial charge in [-0.15, -0.1) is 11.3 Å². The van der Waals surface area contributed by atoms with Gasteiger partial charge in [-0.05, 0) is 56.2 Å². The molecule has 1 heterocycles. The lowest BCUT2D eigenvalue weighted by Crippen LogP contribution is -2.39. The van der Waals surface area contributed by atoms with Crippen molar-refractivity contribution in [3.8, 4) is 0 Å². The van der Waals surface area contributed by atoms with Gasteiger partial charge in [-0.2, -0.15) is 0 Å². The monoisotopic (exact) mass is 292 g/mol. The molecule has 3 rings (SSSR count). The van der Waals surface area contributed by atoms with Crippen molar-refractivity contribution < 1.29 is 4.79 Å². The molecule has 2 unspecified atom stereocenters. The first-order valence-corrected chi connectivity index (χ1v) is 8.68. The molecule has 0 saturated heterocycles. The molecule has 0 aromatic carbocycles. The third-order valence-corrected chi connectivity index (χ3v) is 6.02. The van der Waals surface area contributed by atoms with Crippen LogP contribution in [0, 0.1) is 11.8 Å². The highest BCUT2D eigenvalue weighted by Crippen LogP contribution is 2.31. The average Bonchev–Trinajstić information content (AvgIpc) is 3.05. The highest BCUT2D eigenvalue weighted by molar-refractivity contribution is 7.12. The van der Waals surface area contributed by atoms with Gasteiger partial charge in [0.25, 0.3) is 0 Å². The number of nitrogens with one attached hydrogen (secondary N) is 1. The minimum atomic E-state index is 0.139. The van der Waals surface area contributed by atoms with Crippen LogP contribution in [0.3, 0.4) is 0 Å². The Labute approximate surface area is 124 Å². The Morgan fingerprint density at radius 1 is 1.30 bits per heavy atom. The van der Waals surface area contributed by atoms with Crippen LogP contribution in [0.25, 0.3) is 0 Å². The number of nitrogens with two attached hydrogens (primary N) is 1. The van der Waals surface area contributed by atoms with E-state index in [-0.39, 0.29) is 11.8 Å². The molecule has 1 amide bonds. The van der Waals surface area contributed by atoms with Crippen LogP contribution >= 0.6 is 11.3 Å². The number of carbonyl (C=O) groups is 1. The molecule has 0 spiro atoms. The summed E-state index contributed by atoms with van der Waals surface area (Å²) in [4.78, 5) is 15.2. The number of amides is 1. The quantitative estimate of drug-likeness (QED) is 0.896. The Hall–Kier alpha value is -0.870. The summed E-state index contributed by atoms with van der Waals surface area (Å²) < 4.78 is 0. The zero-order chi connectivity index (χ0) is 13.9. The fourth-order valence-electron chi connectivity index (χ4n) is 3.62. The van der Waals surface area contributed by atoms with Crippen molar-refractivity contribution in [2.45, 2.75) is 51.5 Å². The zero-order valence-corrected chi connectivity index (χ0v) is 12.8. The number of rotatable bonds is 4. The maximum atomic E-state index is 12.4. The van der Waals surface area contributed by atoms with Crippen LogP contribution in [0.1, 0.15) is 47.4 Å². The summed E-state index contributed by atoms with van der Waals surface area (Å²) in [5.74, 6) is 0.742. The van der Waals surface area contributed by atoms with Crippen LogP contribution in [-0.2, 0) is 24.2 Å². The molecule has 0 bridgehead atoms. The van der Waals surface area contributed by atoms with Crippen LogP contribution in [0.5, 0.6) is 0 Å². The molecule has 1 aromatic heterocycles. The van der Waals surface area contributed by atoms with Gasteiger partial charge < -0.3 is 11.1 Å². The smallest absolute Gasteiger partial charge is 0.223 e. The summed E-state index contributed by atoms with van der Waals surface area (Å²) in [5, 5.41) is 3.14. The molecular weight excluding hydrogens is 268 g/mol. The average molecular weight is 292 g/mol. The van der Waals surface area contributed by atoms with Gasteiger partial charge in [-0.25, -0.2) is 0 Å². The predicted molar refractivity (Wildman–Crippen MR) is 82.7 cm³/mol. The lowest BCUT2D eigenvalue weighted by molar-refractivity contribution is -0.127. The Kier molecular flexibility index (Phi) is 4.41. The van der Waals surface area contributed by atoms with Crippen molar-refractivity contribution in [1.29, 1.82) is 0 Å². The number of aryl methyl sites for hydroxylation is 2. The SMILES string of the molecule is NCC1CCCCC1C(=O)NCc1cc2c(s1)CCC2. The second-order valence-electron chi connectivity index (χ2n) is 6.12. The summed E-state index contributed by atoms with van der Waals surface area (Å²) in [6.45, 7) is 1.34. The summed E-state index contributed by atoms with van der Waals surface area (Å²) in [6, 6.07) is 2.29. The van der Waals surface area contributed by atoms with E-state index in [0.717, 1.165) is 12.8 Å². The molecule has 110 valence electrons. The molecule has 2 aliphatic carbocycles. The Morgan fingerprint density at radius 3 is 2.95 bits per heavy atom. The molecular formula is C16H24N2OS. The van der Waals surface area contributed by atoms with Crippen molar-refractivity contribution in [2.75, 3.05) is 6.54 Å². The lowest BCUT2D eigenvalue weighted by atomic mass is 9.79. The topological polar surface area (TPSA) is 55.1 Å². The Balaban J connectivity index is 1.55. The number of hydrogen-bond donors (Lipinski definition) is 2. The molecule has 2 aliphatic rings. The van der Waals surface area contributed by atoms with Crippen molar-refractivity contribution in [3.05, 3.63) is 21.4 Å². The van der Waals surface area contributed by atoms with Crippen LogP contribution < -0.4 is 11.1 Å². The molecule has 0 aliphatic heterocycles. The maximum Gasteiger partial charge on any atom is 0.223 e. The number of hydrogen-bond acceptors (Lipinski definition) is 3. The van der Waals surface area contributed by atoms with Crippen LogP contribution in [0.15, 0.2) is 6.07 Å². The van der Waals surface area contributed by atoms with Crippen molar-refractivity contribution in [2.24, 2.45) is 17.6 Å². The Morgan fingerprint density at radius 2 is 2.15 bits per heavy atom. The maximum absolute atomic E-state index is 12.4. The van der Waals surface area contributed by atoms with Gasteiger partial charge in [0.15, 0.2) is 0 Å². The van der Waals surface area contributed by atoms with E-state index in [2.05, 4.69) is 11.4 Å². The molecule has 4 heteroatoms. The second kappa shape index (κ2) is 6.27. The van der Waals surface area contributed by atoms with E-state index in [1.807, 2.05) is 11.3 Å². The molecule has 1 aromatic rings. The first-order valence-electron chi connectivity index (χ1n) is 7.86. The molecule has 1 fully saturated rings. The second-order valence-corrected chi connectivity index (χ2v) is 7.34. The van der Waals surface area contributed by atoms with E-state index in [4.69, 9.17) is 5.73 Å². The minimum absolute atomic E-state index is 0.139. The van der Waals surface area contributed by atoms with Crippen molar-refractivity contribution >= 4 is 17.2 Å². The lowest BCUT2D eigenvalue weighted by Gasteiger charge is -2.29. The summed E-state index contributed by atoms with van der Waals surface area (Å²) in [7, 11) is 0. The number of fused-ring (bicyclic) bond motifs is 1. The first-order chi connectivity index (χ1) is 9.78. The van der Waals surface area contributed by atoms with E-state index in [1.54, 1.807) is 0 Å². The summed E-state index contributed by atoms with van der Waals surface area (Å²) >= 11 is 1.88. The third-order valence-electron chi connectivity index (χ3n) is 4.78. The fourth-order valence-corrected chi connectivity index (χ4v) is 4.82. The largest absolute Gasteiger partial charge is 0.351 e. The standard InChI is InChI=1S/C16H24N2OS/c17-9-12-4-1-2-6-14(12)16(19)18-10-13-8-11-5-3-7-15(11)20-13/h8,12,14H,1-7,9-10,17H2,(H,18,19). The van der Waals surface area contributed by atoms with Gasteiger partial charge in [0, 0.05) is 15.7 Å². The van der Waals surface area contributed by atoms with Gasteiger partial charge >= 0.3 is 0 Å². The van der Waals surface area contributed by atoms with E-state index in [0.29, 0.717) is 19.0 Å². The van der Waals surface area contributed by atoms with E-state index in [1.165, 1.54) is 47.4 Å². The normalized spacial score (nSPS) is 25.4.